The smallest absolute Gasteiger partial charge is 0.248 e. The Morgan fingerprint density at radius 3 is 2.29 bits per heavy atom. The monoisotopic (exact) mass is 206 g/mol. The number of hydrogen-bond donors (Lipinski definition) is 1. The number of ether oxygens (including phenoxy) is 1. The minimum Gasteiger partial charge on any atom is -0.394 e. The van der Waals surface area contributed by atoms with E-state index in [4.69, 9.17) is 9.84 Å². The highest BCUT2D eigenvalue weighted by Gasteiger charge is 2.47. The molecule has 2 fully saturated rings. The second-order valence-corrected chi connectivity index (χ2v) is 4.50. The number of aliphatic hydroxyl groups is 1. The molecule has 2 aliphatic rings. The lowest BCUT2D eigenvalue weighted by atomic mass is 9.81. The van der Waals surface area contributed by atoms with E-state index >= 15 is 0 Å². The van der Waals surface area contributed by atoms with Gasteiger partial charge in [0, 0.05) is 12.8 Å². The highest BCUT2D eigenvalue weighted by molar-refractivity contribution is 4.95. The molecule has 2 rings (SSSR count). The summed E-state index contributed by atoms with van der Waals surface area (Å²) in [7, 11) is 0. The van der Waals surface area contributed by atoms with Crippen LogP contribution in [0.5, 0.6) is 0 Å². The fourth-order valence-electron chi connectivity index (χ4n) is 2.46. The van der Waals surface area contributed by atoms with E-state index in [1.165, 1.54) is 0 Å². The van der Waals surface area contributed by atoms with Gasteiger partial charge in [0.25, 0.3) is 0 Å². The van der Waals surface area contributed by atoms with Crippen LogP contribution < -0.4 is 0 Å². The zero-order valence-electron chi connectivity index (χ0n) is 8.14. The lowest BCUT2D eigenvalue weighted by Crippen LogP contribution is -2.38. The first-order valence-electron chi connectivity index (χ1n) is 5.22. The average Bonchev–Trinajstić information content (AvgIpc) is 2.56. The molecule has 14 heavy (non-hydrogen) atoms. The summed E-state index contributed by atoms with van der Waals surface area (Å²) >= 11 is 0. The van der Waals surface area contributed by atoms with Gasteiger partial charge in [-0.2, -0.15) is 0 Å². The molecule has 0 aromatic heterocycles. The molecule has 1 saturated carbocycles. The van der Waals surface area contributed by atoms with Crippen molar-refractivity contribution in [1.82, 2.24) is 0 Å². The van der Waals surface area contributed by atoms with E-state index < -0.39 is 5.92 Å². The van der Waals surface area contributed by atoms with Gasteiger partial charge in [0.15, 0.2) is 0 Å². The molecule has 1 aliphatic carbocycles. The molecule has 1 heterocycles. The molecule has 1 saturated heterocycles. The number of halogens is 2. The SMILES string of the molecule is OC[C@H]1CCC2(CCC(F)(F)CC2)O1. The van der Waals surface area contributed by atoms with Crippen molar-refractivity contribution in [2.75, 3.05) is 6.61 Å². The summed E-state index contributed by atoms with van der Waals surface area (Å²) in [6.45, 7) is 0.0120. The normalized spacial score (nSPS) is 34.9. The number of alkyl halides is 2. The molecule has 0 bridgehead atoms. The van der Waals surface area contributed by atoms with E-state index in [1.54, 1.807) is 0 Å². The first kappa shape index (κ1) is 10.3. The Morgan fingerprint density at radius 2 is 1.79 bits per heavy atom. The first-order valence-corrected chi connectivity index (χ1v) is 5.22. The zero-order valence-corrected chi connectivity index (χ0v) is 8.14. The molecule has 1 N–H and O–H groups in total. The van der Waals surface area contributed by atoms with Crippen LogP contribution >= 0.6 is 0 Å². The maximum atomic E-state index is 12.9. The fraction of sp³-hybridized carbons (Fsp3) is 1.00. The van der Waals surface area contributed by atoms with E-state index in [9.17, 15) is 8.78 Å². The molecule has 2 nitrogen and oxygen atoms in total. The lowest BCUT2D eigenvalue weighted by molar-refractivity contribution is -0.132. The molecular formula is C10H16F2O2. The summed E-state index contributed by atoms with van der Waals surface area (Å²) in [5, 5.41) is 8.91. The van der Waals surface area contributed by atoms with Crippen molar-refractivity contribution in [2.45, 2.75) is 56.2 Å². The van der Waals surface area contributed by atoms with Crippen LogP contribution in [0, 0.1) is 0 Å². The Bertz CT molecular complexity index is 208. The van der Waals surface area contributed by atoms with Crippen molar-refractivity contribution in [2.24, 2.45) is 0 Å². The van der Waals surface area contributed by atoms with Crippen LogP contribution in [0.2, 0.25) is 0 Å². The van der Waals surface area contributed by atoms with Crippen LogP contribution in [0.15, 0.2) is 0 Å². The predicted molar refractivity (Wildman–Crippen MR) is 47.3 cm³/mol. The Morgan fingerprint density at radius 1 is 1.14 bits per heavy atom. The predicted octanol–water partition coefficient (Wildman–Crippen LogP) is 2.11. The zero-order chi connectivity index (χ0) is 10.2. The molecule has 4 heteroatoms. The van der Waals surface area contributed by atoms with Gasteiger partial charge in [-0.15, -0.1) is 0 Å². The van der Waals surface area contributed by atoms with Gasteiger partial charge in [-0.3, -0.25) is 0 Å². The van der Waals surface area contributed by atoms with Gasteiger partial charge in [-0.25, -0.2) is 8.78 Å². The van der Waals surface area contributed by atoms with Crippen molar-refractivity contribution in [3.05, 3.63) is 0 Å². The molecule has 0 amide bonds. The molecule has 0 radical (unpaired) electrons. The average molecular weight is 206 g/mol. The maximum absolute atomic E-state index is 12.9. The van der Waals surface area contributed by atoms with E-state index in [1.807, 2.05) is 0 Å². The topological polar surface area (TPSA) is 29.5 Å². The Labute approximate surface area is 82.3 Å². The minimum absolute atomic E-state index is 0.0120. The molecule has 0 aromatic rings. The maximum Gasteiger partial charge on any atom is 0.248 e. The summed E-state index contributed by atoms with van der Waals surface area (Å²) in [5.74, 6) is -2.49. The van der Waals surface area contributed by atoms with Crippen LogP contribution in [0.1, 0.15) is 38.5 Å². The number of rotatable bonds is 1. The fourth-order valence-corrected chi connectivity index (χ4v) is 2.46. The number of aliphatic hydroxyl groups excluding tert-OH is 1. The van der Waals surface area contributed by atoms with Crippen LogP contribution in [0.4, 0.5) is 8.78 Å². The van der Waals surface area contributed by atoms with Crippen LogP contribution in [0.3, 0.4) is 0 Å². The lowest BCUT2D eigenvalue weighted by Gasteiger charge is -2.36. The Kier molecular flexibility index (Phi) is 2.52. The van der Waals surface area contributed by atoms with Crippen molar-refractivity contribution in [1.29, 1.82) is 0 Å². The first-order chi connectivity index (χ1) is 6.55. The largest absolute Gasteiger partial charge is 0.394 e. The summed E-state index contributed by atoms with van der Waals surface area (Å²) in [6.07, 6.45) is 2.27. The van der Waals surface area contributed by atoms with Crippen LogP contribution in [0.25, 0.3) is 0 Å². The Balaban J connectivity index is 1.94. The molecule has 0 aromatic carbocycles. The molecule has 1 spiro atoms. The van der Waals surface area contributed by atoms with E-state index in [0.717, 1.165) is 12.8 Å². The summed E-state index contributed by atoms with van der Waals surface area (Å²) in [5.41, 5.74) is -0.338. The summed E-state index contributed by atoms with van der Waals surface area (Å²) < 4.78 is 31.5. The second-order valence-electron chi connectivity index (χ2n) is 4.50. The van der Waals surface area contributed by atoms with E-state index in [2.05, 4.69) is 0 Å². The van der Waals surface area contributed by atoms with Crippen molar-refractivity contribution in [3.8, 4) is 0 Å². The minimum atomic E-state index is -2.49. The van der Waals surface area contributed by atoms with E-state index in [0.29, 0.717) is 12.8 Å². The Hall–Kier alpha value is -0.220. The standard InChI is InChI=1S/C10H16F2O2/c11-10(12)5-3-9(4-6-10)2-1-8(7-13)14-9/h8,13H,1-7H2/t8-/m1/s1. The van der Waals surface area contributed by atoms with Gasteiger partial charge in [0.05, 0.1) is 18.3 Å². The summed E-state index contributed by atoms with van der Waals surface area (Å²) in [6, 6.07) is 0. The van der Waals surface area contributed by atoms with Crippen LogP contribution in [-0.4, -0.2) is 29.3 Å². The third-order valence-corrected chi connectivity index (χ3v) is 3.43. The van der Waals surface area contributed by atoms with Gasteiger partial charge < -0.3 is 9.84 Å². The quantitative estimate of drug-likeness (QED) is 0.712. The van der Waals surface area contributed by atoms with Gasteiger partial charge in [0.2, 0.25) is 5.92 Å². The van der Waals surface area contributed by atoms with Crippen molar-refractivity contribution >= 4 is 0 Å². The van der Waals surface area contributed by atoms with E-state index in [-0.39, 0.29) is 31.2 Å². The molecule has 0 unspecified atom stereocenters. The van der Waals surface area contributed by atoms with Gasteiger partial charge in [0.1, 0.15) is 0 Å². The van der Waals surface area contributed by atoms with Crippen LogP contribution in [-0.2, 0) is 4.74 Å². The van der Waals surface area contributed by atoms with Gasteiger partial charge >= 0.3 is 0 Å². The molecule has 1 atom stereocenters. The highest BCUT2D eigenvalue weighted by atomic mass is 19.3. The summed E-state index contributed by atoms with van der Waals surface area (Å²) in [4.78, 5) is 0. The van der Waals surface area contributed by atoms with Crippen molar-refractivity contribution in [3.63, 3.8) is 0 Å². The molecular weight excluding hydrogens is 190 g/mol. The highest BCUT2D eigenvalue weighted by Crippen LogP contribution is 2.46. The third kappa shape index (κ3) is 1.91. The molecule has 1 aliphatic heterocycles. The second kappa shape index (κ2) is 3.42. The number of hydrogen-bond acceptors (Lipinski definition) is 2. The third-order valence-electron chi connectivity index (χ3n) is 3.43. The van der Waals surface area contributed by atoms with Crippen molar-refractivity contribution < 1.29 is 18.6 Å². The van der Waals surface area contributed by atoms with Gasteiger partial charge in [-0.1, -0.05) is 0 Å². The van der Waals surface area contributed by atoms with Gasteiger partial charge in [-0.05, 0) is 25.7 Å². The molecule has 82 valence electrons.